The van der Waals surface area contributed by atoms with E-state index in [-0.39, 0.29) is 26.1 Å². The molecule has 3 aromatic heterocycles. The van der Waals surface area contributed by atoms with Crippen molar-refractivity contribution in [2.24, 2.45) is 4.99 Å². The van der Waals surface area contributed by atoms with Crippen LogP contribution in [0.3, 0.4) is 0 Å². The molecule has 0 fully saturated rings. The van der Waals surface area contributed by atoms with Crippen molar-refractivity contribution in [2.45, 2.75) is 34.6 Å². The van der Waals surface area contributed by atoms with Gasteiger partial charge in [-0.3, -0.25) is 0 Å². The van der Waals surface area contributed by atoms with E-state index < -0.39 is 0 Å². The van der Waals surface area contributed by atoms with E-state index >= 15 is 0 Å². The van der Waals surface area contributed by atoms with Crippen LogP contribution in [0.25, 0.3) is 96.3 Å². The smallest absolute Gasteiger partial charge is 0.804 e. The van der Waals surface area contributed by atoms with Crippen molar-refractivity contribution in [1.29, 1.82) is 0 Å². The van der Waals surface area contributed by atoms with E-state index in [9.17, 15) is 5.41 Å². The molecule has 11 nitrogen and oxygen atoms in total. The van der Waals surface area contributed by atoms with Crippen LogP contribution in [0.4, 0.5) is 5.69 Å². The molecule has 0 amide bonds. The number of nitrogens with zero attached hydrogens (tertiary/aromatic N) is 6. The molecule has 12 heteroatoms. The molecule has 2 aliphatic heterocycles. The Bertz CT molecular complexity index is 3400. The molecule has 8 bridgehead atoms. The molecule has 5 aromatic carbocycles. The largest absolute Gasteiger partial charge is 3.00 e. The number of aliphatic hydroxyl groups excluding tert-OH is 1. The molecule has 0 saturated carbocycles. The maximum atomic E-state index is 9.76. The number of rotatable bonds is 9. The van der Waals surface area contributed by atoms with Gasteiger partial charge >= 0.3 is 19.5 Å². The molecule has 0 spiro atoms. The molecular formula is C66H59N6O5Ru. The van der Waals surface area contributed by atoms with E-state index in [0.717, 1.165) is 135 Å². The first-order valence-corrected chi connectivity index (χ1v) is 25.3. The van der Waals surface area contributed by atoms with Crippen LogP contribution in [0.2, 0.25) is 0 Å². The van der Waals surface area contributed by atoms with E-state index in [4.69, 9.17) is 49.0 Å². The topological polar surface area (TPSA) is 146 Å². The van der Waals surface area contributed by atoms with E-state index in [2.05, 4.69) is 74.5 Å². The zero-order valence-corrected chi connectivity index (χ0v) is 46.8. The van der Waals surface area contributed by atoms with Crippen LogP contribution in [0.15, 0.2) is 168 Å². The summed E-state index contributed by atoms with van der Waals surface area (Å²) in [6.07, 6.45) is 12.1. The van der Waals surface area contributed by atoms with Gasteiger partial charge in [0.1, 0.15) is 23.0 Å². The number of ether oxygens (including phenoxy) is 4. The van der Waals surface area contributed by atoms with Gasteiger partial charge in [-0.05, 0) is 175 Å². The zero-order chi connectivity index (χ0) is 54.2. The van der Waals surface area contributed by atoms with Crippen molar-refractivity contribution in [3.8, 4) is 67.5 Å². The molecule has 78 heavy (non-hydrogen) atoms. The second kappa shape index (κ2) is 25.0. The minimum Gasteiger partial charge on any atom is -0.804 e. The van der Waals surface area contributed by atoms with E-state index in [1.807, 2.05) is 129 Å². The first-order chi connectivity index (χ1) is 37.4. The Kier molecular flexibility index (Phi) is 17.8. The summed E-state index contributed by atoms with van der Waals surface area (Å²) in [5.74, 6) is 3.06. The van der Waals surface area contributed by atoms with Gasteiger partial charge in [-0.1, -0.05) is 102 Å². The monoisotopic (exact) mass is 1120 g/mol. The molecule has 0 unspecified atom stereocenters. The van der Waals surface area contributed by atoms with Crippen LogP contribution >= 0.6 is 0 Å². The van der Waals surface area contributed by atoms with E-state index in [0.29, 0.717) is 5.71 Å². The number of aliphatic imine (C=N–C) groups is 1. The number of methoxy groups -OCH3 is 4. The summed E-state index contributed by atoms with van der Waals surface area (Å²) in [6, 6.07) is 46.4. The summed E-state index contributed by atoms with van der Waals surface area (Å²) >= 11 is 0. The third-order valence-corrected chi connectivity index (χ3v) is 13.3. The molecule has 1 N–H and O–H groups in total. The third kappa shape index (κ3) is 12.0. The van der Waals surface area contributed by atoms with Gasteiger partial charge in [-0.15, -0.1) is 22.1 Å². The number of hydrogen-bond donors (Lipinski definition) is 1. The fourth-order valence-corrected chi connectivity index (χ4v) is 9.41. The summed E-state index contributed by atoms with van der Waals surface area (Å²) in [5, 5.41) is 17.3. The van der Waals surface area contributed by atoms with Gasteiger partial charge in [0, 0.05) is 6.61 Å². The first kappa shape index (κ1) is 55.5. The Morgan fingerprint density at radius 3 is 0.974 bits per heavy atom. The predicted octanol–water partition coefficient (Wildman–Crippen LogP) is 14.9. The maximum Gasteiger partial charge on any atom is 3.00 e. The van der Waals surface area contributed by atoms with Crippen molar-refractivity contribution in [1.82, 2.24) is 19.9 Å². The van der Waals surface area contributed by atoms with Crippen molar-refractivity contribution in [3.63, 3.8) is 0 Å². The van der Waals surface area contributed by atoms with Crippen LogP contribution < -0.4 is 28.9 Å². The average Bonchev–Trinajstić information content (AvgIpc) is 4.33. The first-order valence-electron chi connectivity index (χ1n) is 25.3. The van der Waals surface area contributed by atoms with Gasteiger partial charge in [0.05, 0.1) is 62.6 Å². The molecule has 391 valence electrons. The quantitative estimate of drug-likeness (QED) is 0.110. The Hall–Kier alpha value is -8.70. The fourth-order valence-electron chi connectivity index (χ4n) is 9.41. The van der Waals surface area contributed by atoms with Crippen LogP contribution in [-0.2, 0) is 19.5 Å². The van der Waals surface area contributed by atoms with Crippen LogP contribution in [0, 0.1) is 13.8 Å². The molecule has 0 atom stereocenters. The Morgan fingerprint density at radius 1 is 0.449 bits per heavy atom. The van der Waals surface area contributed by atoms with Gasteiger partial charge < -0.3 is 39.4 Å². The van der Waals surface area contributed by atoms with Gasteiger partial charge in [0.25, 0.3) is 0 Å². The van der Waals surface area contributed by atoms with Crippen molar-refractivity contribution < 1.29 is 43.5 Å². The van der Waals surface area contributed by atoms with Crippen molar-refractivity contribution in [2.75, 3.05) is 35.0 Å². The standard InChI is InChI=1S/C48H36N4O4.C16H17N2.C2H6O.Ru/c1-53-33-13-5-29(6-14-33)45-37-21-23-39(49-37)46(30-7-15-34(54-2)16-8-30)41-25-27-43(51-41)48(32-11-19-36(56-4)20-12-32)44-28-26-42(52-44)47(40-24-22-38(45)50-40)31-9-17-35(55-3)18-10-31;1-10-6-5-7-11(2)16(10)18-14-8-12(3)15(17)13(4)9-14;1-2-3;/h5-28H,1-4H3;5-9H,1-4H3;3H,2H2,1H3;/q-2;-1;;+3. The van der Waals surface area contributed by atoms with Crippen molar-refractivity contribution >= 4 is 63.5 Å². The minimum atomic E-state index is 0. The maximum absolute atomic E-state index is 9.76. The number of aromatic nitrogens is 4. The molecule has 1 radical (unpaired) electrons. The summed E-state index contributed by atoms with van der Waals surface area (Å²) in [5.41, 5.74) is 20.0. The normalized spacial score (nSPS) is 12.2. The van der Waals surface area contributed by atoms with Crippen LogP contribution in [0.1, 0.15) is 54.7 Å². The SMILES string of the molecule is CC1=CC(=Nc2c(C)cccc2C)C=C(C)C1=[N-].CCO.COc1ccc(-c2c3nc(c(-c4ccc(OC)cc4)c4ccc([n-]4)c(-c4ccc(OC)cc4)c4nc(c(-c5ccc(OC)cc5)c5ccc2[n-]5)C=C4)C=C3)cc1.[Ru+3]. The summed E-state index contributed by atoms with van der Waals surface area (Å²) in [6.45, 7) is 9.84. The van der Waals surface area contributed by atoms with Gasteiger partial charge in [-0.2, -0.15) is 5.71 Å². The summed E-state index contributed by atoms with van der Waals surface area (Å²) in [7, 11) is 6.67. The van der Waals surface area contributed by atoms with Crippen LogP contribution in [0.5, 0.6) is 23.0 Å². The molecule has 11 rings (SSSR count). The Balaban J connectivity index is 0.000000307. The van der Waals surface area contributed by atoms with Crippen LogP contribution in [-0.4, -0.2) is 61.5 Å². The Labute approximate surface area is 468 Å². The predicted molar refractivity (Wildman–Crippen MR) is 316 cm³/mol. The molecule has 0 saturated heterocycles. The second-order valence-electron chi connectivity index (χ2n) is 18.4. The third-order valence-electron chi connectivity index (χ3n) is 13.3. The number of para-hydroxylation sites is 1. The molecule has 5 heterocycles. The molecule has 3 aliphatic rings. The fraction of sp³-hybridized carbons (Fsp3) is 0.152. The minimum absolute atomic E-state index is 0. The average molecular weight is 1120 g/mol. The number of hydrogen-bond acceptors (Lipinski definition) is 8. The molecular weight excluding hydrogens is 1060 g/mol. The van der Waals surface area contributed by atoms with Gasteiger partial charge in [0.2, 0.25) is 0 Å². The molecule has 8 aromatic rings. The zero-order valence-electron chi connectivity index (χ0n) is 45.1. The summed E-state index contributed by atoms with van der Waals surface area (Å²) < 4.78 is 22.1. The number of fused-ring (bicyclic) bond motifs is 8. The number of aryl methyl sites for hydroxylation is 2. The number of aliphatic hydroxyl groups is 1. The second-order valence-corrected chi connectivity index (χ2v) is 18.4. The van der Waals surface area contributed by atoms with E-state index in [1.54, 1.807) is 35.4 Å². The van der Waals surface area contributed by atoms with E-state index in [1.165, 1.54) is 11.1 Å². The van der Waals surface area contributed by atoms with Crippen molar-refractivity contribution in [3.05, 3.63) is 202 Å². The summed E-state index contributed by atoms with van der Waals surface area (Å²) in [4.78, 5) is 26.1. The van der Waals surface area contributed by atoms with Gasteiger partial charge in [0.15, 0.2) is 0 Å². The number of allylic oxidation sites excluding steroid dienone is 4. The Morgan fingerprint density at radius 2 is 0.718 bits per heavy atom. The molecule has 1 aliphatic carbocycles. The number of benzene rings is 5. The van der Waals surface area contributed by atoms with Gasteiger partial charge in [-0.25, -0.2) is 15.0 Å².